The van der Waals surface area contributed by atoms with Crippen LogP contribution in [0.5, 0.6) is 0 Å². The summed E-state index contributed by atoms with van der Waals surface area (Å²) in [6.45, 7) is 19.3. The zero-order chi connectivity index (χ0) is 31.2. The van der Waals surface area contributed by atoms with E-state index < -0.39 is 5.41 Å². The Bertz CT molecular complexity index is 1360. The summed E-state index contributed by atoms with van der Waals surface area (Å²) in [5.74, 6) is 1.78. The molecule has 1 aromatic carbocycles. The molecule has 234 valence electrons. The van der Waals surface area contributed by atoms with E-state index in [1.165, 1.54) is 43.1 Å². The van der Waals surface area contributed by atoms with Crippen LogP contribution in [0.4, 0.5) is 0 Å². The fourth-order valence-electron chi connectivity index (χ4n) is 12.6. The van der Waals surface area contributed by atoms with Crippen molar-refractivity contribution >= 4 is 17.4 Å². The van der Waals surface area contributed by atoms with Crippen molar-refractivity contribution in [3.63, 3.8) is 0 Å². The Labute approximate surface area is 258 Å². The number of nitrogens with one attached hydrogen (secondary N) is 1. The molecule has 5 nitrogen and oxygen atoms in total. The van der Waals surface area contributed by atoms with Crippen LogP contribution in [0.25, 0.3) is 5.57 Å². The quantitative estimate of drug-likeness (QED) is 0.160. The van der Waals surface area contributed by atoms with Gasteiger partial charge in [-0.3, -0.25) is 10.0 Å². The van der Waals surface area contributed by atoms with Crippen molar-refractivity contribution in [1.29, 1.82) is 0 Å². The highest BCUT2D eigenvalue weighted by Crippen LogP contribution is 2.77. The van der Waals surface area contributed by atoms with Gasteiger partial charge in [0.05, 0.1) is 18.1 Å². The molecule has 0 spiro atoms. The number of fused-ring (bicyclic) bond motifs is 7. The van der Waals surface area contributed by atoms with E-state index in [-0.39, 0.29) is 39.5 Å². The van der Waals surface area contributed by atoms with Gasteiger partial charge >= 0.3 is 5.97 Å². The number of benzene rings is 1. The number of ether oxygens (including phenoxy) is 1. The second-order valence-electron chi connectivity index (χ2n) is 16.4. The van der Waals surface area contributed by atoms with E-state index in [1.54, 1.807) is 0 Å². The van der Waals surface area contributed by atoms with Crippen molar-refractivity contribution < 1.29 is 19.5 Å². The van der Waals surface area contributed by atoms with E-state index in [9.17, 15) is 14.8 Å². The van der Waals surface area contributed by atoms with Gasteiger partial charge in [0.2, 0.25) is 5.91 Å². The number of carbonyl (C=O) groups is 2. The zero-order valence-corrected chi connectivity index (χ0v) is 27.5. The highest BCUT2D eigenvalue weighted by molar-refractivity contribution is 5.90. The van der Waals surface area contributed by atoms with Gasteiger partial charge in [0, 0.05) is 0 Å². The Morgan fingerprint density at radius 3 is 2.23 bits per heavy atom. The average Bonchev–Trinajstić information content (AvgIpc) is 3.38. The lowest BCUT2D eigenvalue weighted by Gasteiger charge is -2.72. The Kier molecular flexibility index (Phi) is 7.16. The molecule has 43 heavy (non-hydrogen) atoms. The first-order chi connectivity index (χ1) is 20.2. The maximum absolute atomic E-state index is 13.4. The molecular weight excluding hydrogens is 534 g/mol. The Hall–Kier alpha value is -2.40. The number of hydrogen-bond donors (Lipinski definition) is 2. The molecule has 0 bridgehead atoms. The predicted molar refractivity (Wildman–Crippen MR) is 170 cm³/mol. The fourth-order valence-corrected chi connectivity index (χ4v) is 12.6. The van der Waals surface area contributed by atoms with E-state index in [2.05, 4.69) is 71.8 Å². The lowest BCUT2D eigenvalue weighted by molar-refractivity contribution is -0.226. The molecular formula is C38H53NO4. The number of hydrogen-bond acceptors (Lipinski definition) is 4. The molecule has 1 amide bonds. The SMILES string of the molecule is C=C(C)C1CCC2(C(=O)NO)CC[C@]3(C)[C@H](CC[C@@H]4[C@@]5(C)CC=C(c6ccc(C(=O)OC)cc6)C(C)(C)[C@@H]5CC[C@]43C)[C@@H]12. The van der Waals surface area contributed by atoms with Crippen LogP contribution >= 0.6 is 0 Å². The first-order valence-corrected chi connectivity index (χ1v) is 16.7. The first kappa shape index (κ1) is 30.6. The lowest BCUT2D eigenvalue weighted by Crippen LogP contribution is -2.66. The van der Waals surface area contributed by atoms with Crippen LogP contribution in [0, 0.1) is 56.7 Å². The summed E-state index contributed by atoms with van der Waals surface area (Å²) in [5, 5.41) is 9.87. The first-order valence-electron chi connectivity index (χ1n) is 16.7. The largest absolute Gasteiger partial charge is 0.465 e. The molecule has 1 aromatic rings. The van der Waals surface area contributed by atoms with E-state index >= 15 is 0 Å². The van der Waals surface area contributed by atoms with E-state index in [0.29, 0.717) is 29.2 Å². The number of amides is 1. The van der Waals surface area contributed by atoms with Crippen molar-refractivity contribution in [2.45, 2.75) is 99.3 Å². The fraction of sp³-hybridized carbons (Fsp3) is 0.684. The summed E-state index contributed by atoms with van der Waals surface area (Å²) < 4.78 is 4.93. The smallest absolute Gasteiger partial charge is 0.337 e. The minimum absolute atomic E-state index is 0.0102. The van der Waals surface area contributed by atoms with Crippen LogP contribution in [0.1, 0.15) is 115 Å². The number of hydroxylamine groups is 1. The molecule has 0 aliphatic heterocycles. The molecule has 0 aromatic heterocycles. The number of carbonyl (C=O) groups excluding carboxylic acids is 2. The monoisotopic (exact) mass is 587 g/mol. The molecule has 5 aliphatic rings. The summed E-state index contributed by atoms with van der Waals surface area (Å²) >= 11 is 0. The zero-order valence-electron chi connectivity index (χ0n) is 27.5. The summed E-state index contributed by atoms with van der Waals surface area (Å²) in [7, 11) is 1.43. The van der Waals surface area contributed by atoms with Crippen molar-refractivity contribution in [1.82, 2.24) is 5.48 Å². The molecule has 0 heterocycles. The number of allylic oxidation sites excluding steroid dienone is 3. The van der Waals surface area contributed by atoms with Crippen LogP contribution in [-0.4, -0.2) is 24.2 Å². The Morgan fingerprint density at radius 1 is 0.907 bits per heavy atom. The third kappa shape index (κ3) is 3.98. The maximum atomic E-state index is 13.4. The third-order valence-corrected chi connectivity index (χ3v) is 14.8. The summed E-state index contributed by atoms with van der Waals surface area (Å²) in [5.41, 5.74) is 6.59. The summed E-state index contributed by atoms with van der Waals surface area (Å²) in [6.07, 6.45) is 12.1. The van der Waals surface area contributed by atoms with Crippen LogP contribution in [0.3, 0.4) is 0 Å². The second-order valence-corrected chi connectivity index (χ2v) is 16.4. The van der Waals surface area contributed by atoms with Crippen LogP contribution < -0.4 is 5.48 Å². The molecule has 4 saturated carbocycles. The van der Waals surface area contributed by atoms with Crippen LogP contribution in [0.2, 0.25) is 0 Å². The second kappa shape index (κ2) is 10.1. The number of methoxy groups -OCH3 is 1. The molecule has 4 fully saturated rings. The van der Waals surface area contributed by atoms with Gasteiger partial charge in [-0.15, -0.1) is 0 Å². The summed E-state index contributed by atoms with van der Waals surface area (Å²) in [6, 6.07) is 7.98. The van der Waals surface area contributed by atoms with E-state index in [1.807, 2.05) is 12.1 Å². The van der Waals surface area contributed by atoms with Crippen molar-refractivity contribution in [3.8, 4) is 0 Å². The van der Waals surface area contributed by atoms with Gasteiger partial charge in [0.15, 0.2) is 0 Å². The molecule has 0 radical (unpaired) electrons. The molecule has 0 saturated heterocycles. The standard InChI is InChI=1S/C38H53NO4/c1-23(2)26-15-20-38(33(41)39-42)22-21-36(6)28(31(26)38)13-14-30-35(5)18-16-27(24-9-11-25(12-10-24)32(40)43-8)34(3,4)29(35)17-19-37(30,36)7/h9-12,16,26,28-31,42H,1,13-15,17-22H2,2-8H3,(H,39,41)/t26?,28-,29+,30-,31-,35+,36-,37-,38?/m1/s1. The highest BCUT2D eigenvalue weighted by atomic mass is 16.5. The minimum atomic E-state index is -0.471. The molecule has 6 rings (SSSR count). The topological polar surface area (TPSA) is 75.6 Å². The Balaban J connectivity index is 1.36. The minimum Gasteiger partial charge on any atom is -0.465 e. The van der Waals surface area contributed by atoms with Crippen molar-refractivity contribution in [2.24, 2.45) is 56.7 Å². The molecule has 9 atom stereocenters. The Morgan fingerprint density at radius 2 is 1.60 bits per heavy atom. The molecule has 2 unspecified atom stereocenters. The maximum Gasteiger partial charge on any atom is 0.337 e. The summed E-state index contributed by atoms with van der Waals surface area (Å²) in [4.78, 5) is 25.4. The third-order valence-electron chi connectivity index (χ3n) is 14.8. The van der Waals surface area contributed by atoms with Gasteiger partial charge in [-0.1, -0.05) is 65.0 Å². The van der Waals surface area contributed by atoms with Gasteiger partial charge < -0.3 is 4.74 Å². The van der Waals surface area contributed by atoms with Gasteiger partial charge in [-0.05, 0) is 139 Å². The van der Waals surface area contributed by atoms with Gasteiger partial charge in [-0.25, -0.2) is 10.3 Å². The van der Waals surface area contributed by atoms with Gasteiger partial charge in [0.1, 0.15) is 0 Å². The van der Waals surface area contributed by atoms with Gasteiger partial charge in [-0.2, -0.15) is 0 Å². The van der Waals surface area contributed by atoms with Crippen LogP contribution in [-0.2, 0) is 9.53 Å². The van der Waals surface area contributed by atoms with Crippen molar-refractivity contribution in [3.05, 3.63) is 53.6 Å². The molecule has 5 heteroatoms. The number of esters is 1. The van der Waals surface area contributed by atoms with E-state index in [0.717, 1.165) is 38.5 Å². The average molecular weight is 588 g/mol. The van der Waals surface area contributed by atoms with E-state index in [4.69, 9.17) is 4.74 Å². The van der Waals surface area contributed by atoms with Crippen LogP contribution in [0.15, 0.2) is 42.5 Å². The lowest BCUT2D eigenvalue weighted by atomic mass is 9.32. The number of rotatable bonds is 4. The predicted octanol–water partition coefficient (Wildman–Crippen LogP) is 8.63. The van der Waals surface area contributed by atoms with Gasteiger partial charge in [0.25, 0.3) is 0 Å². The molecule has 2 N–H and O–H groups in total. The highest BCUT2D eigenvalue weighted by Gasteiger charge is 2.71. The normalized spacial score (nSPS) is 42.8. The molecule has 5 aliphatic carbocycles. The van der Waals surface area contributed by atoms with Crippen molar-refractivity contribution in [2.75, 3.05) is 7.11 Å².